The molecule has 4 nitrogen and oxygen atoms in total. The second-order valence-corrected chi connectivity index (χ2v) is 8.68. The monoisotopic (exact) mass is 390 g/mol. The van der Waals surface area contributed by atoms with Gasteiger partial charge in [0, 0.05) is 17.6 Å². The fraction of sp³-hybridized carbons (Fsp3) is 0.591. The molecule has 0 aliphatic heterocycles. The van der Waals surface area contributed by atoms with Crippen LogP contribution >= 0.6 is 11.6 Å². The molecule has 0 spiro atoms. The summed E-state index contributed by atoms with van der Waals surface area (Å²) in [5.74, 6) is 1.23. The van der Waals surface area contributed by atoms with Crippen LogP contribution in [0.5, 0.6) is 5.75 Å². The maximum atomic E-state index is 11.9. The quantitative estimate of drug-likeness (QED) is 0.705. The van der Waals surface area contributed by atoms with Crippen molar-refractivity contribution in [1.82, 2.24) is 4.98 Å². The number of aromatic nitrogens is 1. The first-order valence-electron chi connectivity index (χ1n) is 10.1. The highest BCUT2D eigenvalue weighted by Crippen LogP contribution is 2.46. The Balaban J connectivity index is 1.74. The normalized spacial score (nSPS) is 24.3. The zero-order valence-corrected chi connectivity index (χ0v) is 17.3. The molecule has 1 unspecified atom stereocenters. The highest BCUT2D eigenvalue weighted by Gasteiger charge is 2.42. The number of nitrogens with one attached hydrogen (secondary N) is 1. The average Bonchev–Trinajstić information content (AvgIpc) is 2.64. The van der Waals surface area contributed by atoms with E-state index in [9.17, 15) is 4.79 Å². The van der Waals surface area contributed by atoms with E-state index in [0.717, 1.165) is 43.9 Å². The average molecular weight is 391 g/mol. The van der Waals surface area contributed by atoms with Gasteiger partial charge in [0.15, 0.2) is 0 Å². The molecule has 1 saturated carbocycles. The summed E-state index contributed by atoms with van der Waals surface area (Å²) in [7, 11) is 0. The molecule has 148 valence electrons. The van der Waals surface area contributed by atoms with E-state index in [1.54, 1.807) is 12.3 Å². The van der Waals surface area contributed by atoms with Crippen molar-refractivity contribution in [2.45, 2.75) is 71.4 Å². The van der Waals surface area contributed by atoms with Crippen LogP contribution in [0.4, 0.5) is 0 Å². The SMILES string of the molecule is CCCC(N)[C@]1(C(C)C)CC[C@H](Oc2cc3cc[nH]c(=O)c3cc2Cl)CC1. The first-order valence-corrected chi connectivity index (χ1v) is 10.5. The minimum absolute atomic E-state index is 0.134. The van der Waals surface area contributed by atoms with E-state index in [1.807, 2.05) is 12.1 Å². The molecule has 5 heteroatoms. The standard InChI is InChI=1S/C22H31ClN2O2/c1-4-5-20(24)22(14(2)3)9-6-16(7-10-22)27-19-12-15-8-11-25-21(26)17(15)13-18(19)23/h8,11-14,16,20H,4-7,9-10,24H2,1-3H3,(H,25,26)/t16-,20?,22+. The number of H-pyrrole nitrogens is 1. The van der Waals surface area contributed by atoms with Crippen LogP contribution in [0.15, 0.2) is 29.2 Å². The van der Waals surface area contributed by atoms with Gasteiger partial charge in [-0.25, -0.2) is 0 Å². The lowest BCUT2D eigenvalue weighted by Crippen LogP contribution is -2.49. The van der Waals surface area contributed by atoms with Gasteiger partial charge in [0.05, 0.1) is 11.1 Å². The maximum Gasteiger partial charge on any atom is 0.255 e. The minimum atomic E-state index is -0.134. The summed E-state index contributed by atoms with van der Waals surface area (Å²) in [5.41, 5.74) is 6.67. The van der Waals surface area contributed by atoms with E-state index in [4.69, 9.17) is 22.1 Å². The lowest BCUT2D eigenvalue weighted by molar-refractivity contribution is 0.0243. The van der Waals surface area contributed by atoms with Crippen molar-refractivity contribution in [3.63, 3.8) is 0 Å². The number of pyridine rings is 1. The third-order valence-electron chi connectivity index (χ3n) is 6.47. The van der Waals surface area contributed by atoms with Crippen LogP contribution in [0, 0.1) is 11.3 Å². The Morgan fingerprint density at radius 2 is 2.04 bits per heavy atom. The third-order valence-corrected chi connectivity index (χ3v) is 6.77. The van der Waals surface area contributed by atoms with Gasteiger partial charge in [-0.2, -0.15) is 0 Å². The predicted molar refractivity (Wildman–Crippen MR) is 113 cm³/mol. The number of ether oxygens (including phenoxy) is 1. The summed E-state index contributed by atoms with van der Waals surface area (Å²) in [6.07, 6.45) is 8.13. The van der Waals surface area contributed by atoms with Gasteiger partial charge in [-0.3, -0.25) is 4.79 Å². The molecule has 1 aliphatic carbocycles. The van der Waals surface area contributed by atoms with Crippen LogP contribution in [0.2, 0.25) is 5.02 Å². The fourth-order valence-electron chi connectivity index (χ4n) is 4.68. The molecule has 1 aromatic carbocycles. The van der Waals surface area contributed by atoms with Gasteiger partial charge in [-0.1, -0.05) is 38.8 Å². The summed E-state index contributed by atoms with van der Waals surface area (Å²) in [5, 5.41) is 1.92. The van der Waals surface area contributed by atoms with E-state index < -0.39 is 0 Å². The number of fused-ring (bicyclic) bond motifs is 1. The Morgan fingerprint density at radius 1 is 1.33 bits per heavy atom. The summed E-state index contributed by atoms with van der Waals surface area (Å²) in [4.78, 5) is 14.6. The topological polar surface area (TPSA) is 68.1 Å². The minimum Gasteiger partial charge on any atom is -0.489 e. The number of hydrogen-bond donors (Lipinski definition) is 2. The first-order chi connectivity index (χ1) is 12.9. The van der Waals surface area contributed by atoms with E-state index in [0.29, 0.717) is 22.1 Å². The highest BCUT2D eigenvalue weighted by molar-refractivity contribution is 6.32. The van der Waals surface area contributed by atoms with Crippen LogP contribution in [-0.2, 0) is 0 Å². The van der Waals surface area contributed by atoms with Crippen molar-refractivity contribution in [2.24, 2.45) is 17.1 Å². The van der Waals surface area contributed by atoms with E-state index >= 15 is 0 Å². The molecule has 2 aromatic rings. The van der Waals surface area contributed by atoms with Crippen molar-refractivity contribution >= 4 is 22.4 Å². The number of aromatic amines is 1. The van der Waals surface area contributed by atoms with Gasteiger partial charge < -0.3 is 15.5 Å². The zero-order valence-electron chi connectivity index (χ0n) is 16.6. The first kappa shape index (κ1) is 20.2. The molecule has 0 radical (unpaired) electrons. The maximum absolute atomic E-state index is 11.9. The van der Waals surface area contributed by atoms with Crippen molar-refractivity contribution in [3.8, 4) is 5.75 Å². The van der Waals surface area contributed by atoms with Crippen LogP contribution in [0.1, 0.15) is 59.3 Å². The van der Waals surface area contributed by atoms with Crippen molar-refractivity contribution in [1.29, 1.82) is 0 Å². The molecule has 1 fully saturated rings. The molecule has 1 aromatic heterocycles. The number of nitrogens with two attached hydrogens (primary N) is 1. The molecular weight excluding hydrogens is 360 g/mol. The summed E-state index contributed by atoms with van der Waals surface area (Å²) >= 11 is 6.39. The molecule has 1 aliphatic rings. The smallest absolute Gasteiger partial charge is 0.255 e. The van der Waals surface area contributed by atoms with Gasteiger partial charge in [-0.15, -0.1) is 0 Å². The van der Waals surface area contributed by atoms with Crippen LogP contribution in [-0.4, -0.2) is 17.1 Å². The second-order valence-electron chi connectivity index (χ2n) is 8.28. The Kier molecular flexibility index (Phi) is 6.17. The molecule has 0 bridgehead atoms. The van der Waals surface area contributed by atoms with E-state index in [2.05, 4.69) is 25.8 Å². The number of hydrogen-bond acceptors (Lipinski definition) is 3. The molecule has 3 N–H and O–H groups in total. The van der Waals surface area contributed by atoms with Gasteiger partial charge in [-0.05, 0) is 67.0 Å². The van der Waals surface area contributed by atoms with Crippen LogP contribution in [0.25, 0.3) is 10.8 Å². The van der Waals surface area contributed by atoms with Crippen LogP contribution < -0.4 is 16.0 Å². The number of benzene rings is 1. The summed E-state index contributed by atoms with van der Waals surface area (Å²) in [6, 6.07) is 5.69. The van der Waals surface area contributed by atoms with Crippen molar-refractivity contribution < 1.29 is 4.74 Å². The summed E-state index contributed by atoms with van der Waals surface area (Å²) < 4.78 is 6.26. The highest BCUT2D eigenvalue weighted by atomic mass is 35.5. The van der Waals surface area contributed by atoms with Gasteiger partial charge in [0.25, 0.3) is 5.56 Å². The van der Waals surface area contributed by atoms with E-state index in [-0.39, 0.29) is 23.1 Å². The second kappa shape index (κ2) is 8.24. The van der Waals surface area contributed by atoms with Crippen molar-refractivity contribution in [3.05, 3.63) is 39.8 Å². The van der Waals surface area contributed by atoms with E-state index in [1.165, 1.54) is 0 Å². The lowest BCUT2D eigenvalue weighted by atomic mass is 9.61. The Bertz CT molecular complexity index is 838. The Morgan fingerprint density at radius 3 is 2.67 bits per heavy atom. The molecule has 0 amide bonds. The van der Waals surface area contributed by atoms with Crippen LogP contribution in [0.3, 0.4) is 0 Å². The number of rotatable bonds is 6. The molecule has 1 heterocycles. The summed E-state index contributed by atoms with van der Waals surface area (Å²) in [6.45, 7) is 6.80. The molecule has 1 atom stereocenters. The molecule has 3 rings (SSSR count). The van der Waals surface area contributed by atoms with Gasteiger partial charge in [0.1, 0.15) is 5.75 Å². The molecular formula is C22H31ClN2O2. The zero-order chi connectivity index (χ0) is 19.6. The molecule has 0 saturated heterocycles. The third kappa shape index (κ3) is 4.02. The van der Waals surface area contributed by atoms with Crippen molar-refractivity contribution in [2.75, 3.05) is 0 Å². The van der Waals surface area contributed by atoms with Gasteiger partial charge >= 0.3 is 0 Å². The Hall–Kier alpha value is -1.52. The Labute approximate surface area is 166 Å². The fourth-order valence-corrected chi connectivity index (χ4v) is 4.89. The largest absolute Gasteiger partial charge is 0.489 e. The lowest BCUT2D eigenvalue weighted by Gasteiger charge is -2.47. The van der Waals surface area contributed by atoms with Gasteiger partial charge in [0.2, 0.25) is 0 Å². The molecule has 27 heavy (non-hydrogen) atoms. The predicted octanol–water partition coefficient (Wildman–Crippen LogP) is 5.27. The number of halogens is 1.